The first-order valence-corrected chi connectivity index (χ1v) is 10.9. The summed E-state index contributed by atoms with van der Waals surface area (Å²) in [5.74, 6) is 1.29. The number of carbonyl (C=O) groups excluding carboxylic acids is 2. The maximum atomic E-state index is 12.9. The van der Waals surface area contributed by atoms with Gasteiger partial charge in [0.1, 0.15) is 10.7 Å². The van der Waals surface area contributed by atoms with Gasteiger partial charge in [0.2, 0.25) is 5.91 Å². The molecule has 1 aromatic carbocycles. The van der Waals surface area contributed by atoms with Crippen molar-refractivity contribution >= 4 is 23.2 Å². The van der Waals surface area contributed by atoms with Gasteiger partial charge in [-0.3, -0.25) is 14.5 Å². The number of carbonyl (C=O) groups is 2. The van der Waals surface area contributed by atoms with Crippen LogP contribution in [0.2, 0.25) is 0 Å². The van der Waals surface area contributed by atoms with Crippen LogP contribution >= 0.6 is 11.3 Å². The number of benzene rings is 1. The van der Waals surface area contributed by atoms with E-state index in [1.165, 1.54) is 11.3 Å². The molecule has 0 bridgehead atoms. The number of hydrogen-bond donors (Lipinski definition) is 1. The molecule has 1 aromatic heterocycles. The lowest BCUT2D eigenvalue weighted by molar-refractivity contribution is -0.122. The third-order valence-corrected chi connectivity index (χ3v) is 6.21. The number of ether oxygens (including phenoxy) is 2. The van der Waals surface area contributed by atoms with Crippen LogP contribution in [-0.2, 0) is 4.79 Å². The van der Waals surface area contributed by atoms with Gasteiger partial charge in [-0.25, -0.2) is 4.98 Å². The van der Waals surface area contributed by atoms with Gasteiger partial charge in [-0.05, 0) is 31.0 Å². The Morgan fingerprint density at radius 2 is 1.87 bits per heavy atom. The topological polar surface area (TPSA) is 84.0 Å². The van der Waals surface area contributed by atoms with Crippen molar-refractivity contribution in [3.63, 3.8) is 0 Å². The van der Waals surface area contributed by atoms with Gasteiger partial charge in [0.25, 0.3) is 5.91 Å². The first-order valence-electron chi connectivity index (χ1n) is 10.1. The van der Waals surface area contributed by atoms with Crippen molar-refractivity contribution in [3.05, 3.63) is 29.3 Å². The third-order valence-electron chi connectivity index (χ3n) is 5.32. The average molecular weight is 431 g/mol. The molecular formula is C21H26N4O4S. The van der Waals surface area contributed by atoms with E-state index in [-0.39, 0.29) is 11.8 Å². The van der Waals surface area contributed by atoms with Crippen molar-refractivity contribution < 1.29 is 19.1 Å². The maximum absolute atomic E-state index is 12.9. The van der Waals surface area contributed by atoms with Crippen molar-refractivity contribution in [3.8, 4) is 22.1 Å². The Balaban J connectivity index is 1.35. The van der Waals surface area contributed by atoms with Crippen molar-refractivity contribution in [2.45, 2.75) is 18.9 Å². The van der Waals surface area contributed by atoms with Gasteiger partial charge in [0, 0.05) is 43.2 Å². The largest absolute Gasteiger partial charge is 0.493 e. The van der Waals surface area contributed by atoms with Gasteiger partial charge in [-0.2, -0.15) is 0 Å². The Labute approximate surface area is 179 Å². The fourth-order valence-electron chi connectivity index (χ4n) is 3.45. The molecule has 1 aliphatic heterocycles. The first-order chi connectivity index (χ1) is 14.6. The minimum Gasteiger partial charge on any atom is -0.493 e. The van der Waals surface area contributed by atoms with Gasteiger partial charge >= 0.3 is 0 Å². The van der Waals surface area contributed by atoms with E-state index in [1.807, 2.05) is 23.1 Å². The Kier molecular flexibility index (Phi) is 6.19. The molecule has 2 aromatic rings. The second-order valence-corrected chi connectivity index (χ2v) is 8.38. The summed E-state index contributed by atoms with van der Waals surface area (Å²) in [5.41, 5.74) is 1.33. The molecule has 0 atom stereocenters. The molecule has 1 aliphatic carbocycles. The van der Waals surface area contributed by atoms with E-state index >= 15 is 0 Å². The lowest BCUT2D eigenvalue weighted by atomic mass is 10.2. The van der Waals surface area contributed by atoms with Crippen molar-refractivity contribution in [2.75, 3.05) is 46.9 Å². The van der Waals surface area contributed by atoms with Gasteiger partial charge in [0.05, 0.1) is 20.8 Å². The molecule has 1 N–H and O–H groups in total. The summed E-state index contributed by atoms with van der Waals surface area (Å²) in [7, 11) is 3.19. The first kappa shape index (κ1) is 20.6. The van der Waals surface area contributed by atoms with Crippen LogP contribution in [0.5, 0.6) is 11.5 Å². The number of methoxy groups -OCH3 is 2. The molecular weight excluding hydrogens is 404 g/mol. The highest BCUT2D eigenvalue weighted by molar-refractivity contribution is 7.13. The molecule has 30 heavy (non-hydrogen) atoms. The molecule has 0 spiro atoms. The number of amides is 2. The summed E-state index contributed by atoms with van der Waals surface area (Å²) in [6.07, 6.45) is 2.18. The van der Waals surface area contributed by atoms with Crippen molar-refractivity contribution in [1.82, 2.24) is 20.1 Å². The molecule has 0 radical (unpaired) electrons. The summed E-state index contributed by atoms with van der Waals surface area (Å²) in [5, 5.41) is 5.56. The van der Waals surface area contributed by atoms with Crippen LogP contribution in [0.25, 0.3) is 10.6 Å². The van der Waals surface area contributed by atoms with E-state index in [1.54, 1.807) is 19.6 Å². The monoisotopic (exact) mass is 430 g/mol. The van der Waals surface area contributed by atoms with Crippen LogP contribution in [0, 0.1) is 0 Å². The molecule has 1 saturated carbocycles. The summed E-state index contributed by atoms with van der Waals surface area (Å²) in [6.45, 7) is 2.98. The van der Waals surface area contributed by atoms with E-state index < -0.39 is 0 Å². The van der Waals surface area contributed by atoms with Crippen LogP contribution in [-0.4, -0.2) is 79.6 Å². The minimum atomic E-state index is -0.0694. The average Bonchev–Trinajstić information content (AvgIpc) is 3.44. The lowest BCUT2D eigenvalue weighted by Gasteiger charge is -2.33. The molecule has 8 nitrogen and oxygen atoms in total. The number of rotatable bonds is 7. The second kappa shape index (κ2) is 9.01. The predicted octanol–water partition coefficient (Wildman–Crippen LogP) is 1.86. The fraction of sp³-hybridized carbons (Fsp3) is 0.476. The standard InChI is InChI=1S/C21H26N4O4S/c1-28-17-6-3-14(11-18(17)29-2)20-23-16(13-30-20)21(27)25-9-7-24(8-10-25)12-19(26)22-15-4-5-15/h3,6,11,13,15H,4-5,7-10,12H2,1-2H3,(H,22,26). The molecule has 160 valence electrons. The number of thiazole rings is 1. The molecule has 1 saturated heterocycles. The highest BCUT2D eigenvalue weighted by Gasteiger charge is 2.27. The van der Waals surface area contributed by atoms with Gasteiger partial charge in [-0.15, -0.1) is 11.3 Å². The third kappa shape index (κ3) is 4.73. The maximum Gasteiger partial charge on any atom is 0.273 e. The predicted molar refractivity (Wildman–Crippen MR) is 114 cm³/mol. The smallest absolute Gasteiger partial charge is 0.273 e. The molecule has 9 heteroatoms. The van der Waals surface area contributed by atoms with E-state index in [2.05, 4.69) is 15.2 Å². The Morgan fingerprint density at radius 1 is 1.13 bits per heavy atom. The Hall–Kier alpha value is -2.65. The van der Waals surface area contributed by atoms with Crippen LogP contribution in [0.1, 0.15) is 23.3 Å². The van der Waals surface area contributed by atoms with Crippen molar-refractivity contribution in [1.29, 1.82) is 0 Å². The number of nitrogens with zero attached hydrogens (tertiary/aromatic N) is 3. The summed E-state index contributed by atoms with van der Waals surface area (Å²) >= 11 is 1.43. The van der Waals surface area contributed by atoms with Gasteiger partial charge < -0.3 is 19.7 Å². The normalized spacial score (nSPS) is 16.9. The number of aromatic nitrogens is 1. The minimum absolute atomic E-state index is 0.0694. The molecule has 2 amide bonds. The van der Waals surface area contributed by atoms with E-state index in [0.29, 0.717) is 56.0 Å². The fourth-order valence-corrected chi connectivity index (χ4v) is 4.24. The number of hydrogen-bond acceptors (Lipinski definition) is 7. The SMILES string of the molecule is COc1ccc(-c2nc(C(=O)N3CCN(CC(=O)NC4CC4)CC3)cs2)cc1OC. The number of piperazine rings is 1. The summed E-state index contributed by atoms with van der Waals surface area (Å²) < 4.78 is 10.6. The molecule has 2 fully saturated rings. The van der Waals surface area contributed by atoms with Crippen molar-refractivity contribution in [2.24, 2.45) is 0 Å². The summed E-state index contributed by atoms with van der Waals surface area (Å²) in [4.78, 5) is 33.3. The van der Waals surface area contributed by atoms with Crippen LogP contribution in [0.15, 0.2) is 23.6 Å². The van der Waals surface area contributed by atoms with Crippen LogP contribution in [0.4, 0.5) is 0 Å². The lowest BCUT2D eigenvalue weighted by Crippen LogP contribution is -2.51. The van der Waals surface area contributed by atoms with Crippen LogP contribution < -0.4 is 14.8 Å². The quantitative estimate of drug-likeness (QED) is 0.722. The zero-order chi connectivity index (χ0) is 21.1. The highest BCUT2D eigenvalue weighted by atomic mass is 32.1. The molecule has 2 heterocycles. The van der Waals surface area contributed by atoms with Gasteiger partial charge in [0.15, 0.2) is 11.5 Å². The Morgan fingerprint density at radius 3 is 2.53 bits per heavy atom. The van der Waals surface area contributed by atoms with E-state index in [0.717, 1.165) is 23.4 Å². The van der Waals surface area contributed by atoms with E-state index in [9.17, 15) is 9.59 Å². The van der Waals surface area contributed by atoms with E-state index in [4.69, 9.17) is 9.47 Å². The molecule has 4 rings (SSSR count). The zero-order valence-electron chi connectivity index (χ0n) is 17.2. The Bertz CT molecular complexity index is 919. The molecule has 0 unspecified atom stereocenters. The summed E-state index contributed by atoms with van der Waals surface area (Å²) in [6, 6.07) is 5.97. The van der Waals surface area contributed by atoms with Crippen LogP contribution in [0.3, 0.4) is 0 Å². The second-order valence-electron chi connectivity index (χ2n) is 7.52. The zero-order valence-corrected chi connectivity index (χ0v) is 18.0. The van der Waals surface area contributed by atoms with Gasteiger partial charge in [-0.1, -0.05) is 0 Å². The molecule has 2 aliphatic rings. The highest BCUT2D eigenvalue weighted by Crippen LogP contribution is 2.33. The number of nitrogens with one attached hydrogen (secondary N) is 1.